The Bertz CT molecular complexity index is 692. The fourth-order valence-corrected chi connectivity index (χ4v) is 2.81. The molecule has 1 heterocycles. The number of rotatable bonds is 1. The third kappa shape index (κ3) is 2.03. The standard InChI is InChI=1S/C17H18NO/c1-12-11-13(2)19-14(3)18(12)17-10-6-8-15-7-4-5-9-16(15)17/h4-11,14H,1-3H3/q+1. The molecule has 1 aliphatic rings. The van der Waals surface area contributed by atoms with Crippen molar-refractivity contribution < 1.29 is 9.31 Å². The Hall–Kier alpha value is -2.09. The number of nitrogens with zero attached hydrogens (tertiary/aromatic N) is 1. The van der Waals surface area contributed by atoms with Crippen LogP contribution in [-0.2, 0) is 4.74 Å². The van der Waals surface area contributed by atoms with Crippen LogP contribution in [0.15, 0.2) is 54.3 Å². The molecular weight excluding hydrogens is 234 g/mol. The number of fused-ring (bicyclic) bond motifs is 1. The Labute approximate surface area is 113 Å². The molecule has 1 unspecified atom stereocenters. The Morgan fingerprint density at radius 2 is 1.74 bits per heavy atom. The van der Waals surface area contributed by atoms with Crippen LogP contribution in [0.3, 0.4) is 0 Å². The summed E-state index contributed by atoms with van der Waals surface area (Å²) in [7, 11) is 0. The minimum Gasteiger partial charge on any atom is -0.438 e. The van der Waals surface area contributed by atoms with Crippen molar-refractivity contribution in [3.05, 3.63) is 54.3 Å². The minimum absolute atomic E-state index is 0.0239. The molecule has 2 aromatic rings. The zero-order valence-electron chi connectivity index (χ0n) is 11.6. The smallest absolute Gasteiger partial charge is 0.299 e. The van der Waals surface area contributed by atoms with Crippen molar-refractivity contribution in [1.29, 1.82) is 0 Å². The second kappa shape index (κ2) is 4.54. The summed E-state index contributed by atoms with van der Waals surface area (Å²) in [5.74, 6) is 0.974. The van der Waals surface area contributed by atoms with E-state index >= 15 is 0 Å². The molecule has 1 aliphatic heterocycles. The molecule has 0 saturated heterocycles. The van der Waals surface area contributed by atoms with Gasteiger partial charge in [-0.1, -0.05) is 30.3 Å². The normalized spacial score (nSPS) is 19.3. The first kappa shape index (κ1) is 12.0. The van der Waals surface area contributed by atoms with Gasteiger partial charge in [0, 0.05) is 26.0 Å². The number of allylic oxidation sites excluding steroid dienone is 2. The van der Waals surface area contributed by atoms with Gasteiger partial charge in [-0.05, 0) is 18.4 Å². The largest absolute Gasteiger partial charge is 0.438 e. The van der Waals surface area contributed by atoms with Gasteiger partial charge in [-0.2, -0.15) is 4.58 Å². The van der Waals surface area contributed by atoms with Crippen LogP contribution in [0.2, 0.25) is 0 Å². The van der Waals surface area contributed by atoms with Gasteiger partial charge in [0.05, 0.1) is 5.39 Å². The topological polar surface area (TPSA) is 12.2 Å². The Morgan fingerprint density at radius 1 is 1.00 bits per heavy atom. The molecule has 0 aliphatic carbocycles. The van der Waals surface area contributed by atoms with Crippen molar-refractivity contribution >= 4 is 22.2 Å². The molecular formula is C17H18NO+. The minimum atomic E-state index is 0.0239. The Balaban J connectivity index is 2.27. The van der Waals surface area contributed by atoms with E-state index in [0.29, 0.717) is 0 Å². The third-order valence-corrected chi connectivity index (χ3v) is 3.54. The molecule has 2 nitrogen and oxygen atoms in total. The van der Waals surface area contributed by atoms with Gasteiger partial charge in [0.1, 0.15) is 5.76 Å². The molecule has 0 fully saturated rings. The van der Waals surface area contributed by atoms with E-state index in [4.69, 9.17) is 4.74 Å². The van der Waals surface area contributed by atoms with E-state index in [0.717, 1.165) is 5.76 Å². The highest BCUT2D eigenvalue weighted by Gasteiger charge is 2.27. The molecule has 96 valence electrons. The predicted molar refractivity (Wildman–Crippen MR) is 78.9 cm³/mol. The third-order valence-electron chi connectivity index (χ3n) is 3.54. The van der Waals surface area contributed by atoms with E-state index in [1.165, 1.54) is 22.2 Å². The van der Waals surface area contributed by atoms with E-state index < -0.39 is 0 Å². The number of hydrogen-bond donors (Lipinski definition) is 0. The summed E-state index contributed by atoms with van der Waals surface area (Å²) in [4.78, 5) is 0. The first-order valence-corrected chi connectivity index (χ1v) is 6.62. The summed E-state index contributed by atoms with van der Waals surface area (Å²) in [6.45, 7) is 6.21. The van der Waals surface area contributed by atoms with Crippen LogP contribution in [0.1, 0.15) is 20.8 Å². The lowest BCUT2D eigenvalue weighted by Gasteiger charge is -2.20. The summed E-state index contributed by atoms with van der Waals surface area (Å²) in [5, 5.41) is 2.51. The van der Waals surface area contributed by atoms with Crippen LogP contribution in [0.5, 0.6) is 0 Å². The van der Waals surface area contributed by atoms with Crippen molar-refractivity contribution in [2.75, 3.05) is 0 Å². The molecule has 0 radical (unpaired) electrons. The van der Waals surface area contributed by atoms with Gasteiger partial charge in [0.25, 0.3) is 6.23 Å². The van der Waals surface area contributed by atoms with Crippen molar-refractivity contribution in [3.63, 3.8) is 0 Å². The van der Waals surface area contributed by atoms with Gasteiger partial charge in [-0.25, -0.2) is 0 Å². The second-order valence-electron chi connectivity index (χ2n) is 4.98. The molecule has 19 heavy (non-hydrogen) atoms. The summed E-state index contributed by atoms with van der Waals surface area (Å²) in [5.41, 5.74) is 2.42. The first-order valence-electron chi connectivity index (χ1n) is 6.62. The van der Waals surface area contributed by atoms with E-state index in [1.807, 2.05) is 6.92 Å². The van der Waals surface area contributed by atoms with Gasteiger partial charge in [0.2, 0.25) is 5.69 Å². The highest BCUT2D eigenvalue weighted by atomic mass is 16.5. The van der Waals surface area contributed by atoms with Crippen LogP contribution >= 0.6 is 0 Å². The van der Waals surface area contributed by atoms with E-state index in [-0.39, 0.29) is 6.23 Å². The molecule has 0 N–H and O–H groups in total. The highest BCUT2D eigenvalue weighted by Crippen LogP contribution is 2.29. The zero-order chi connectivity index (χ0) is 13.4. The summed E-state index contributed by atoms with van der Waals surface area (Å²) in [6.07, 6.45) is 2.11. The van der Waals surface area contributed by atoms with Gasteiger partial charge < -0.3 is 4.74 Å². The van der Waals surface area contributed by atoms with Crippen molar-refractivity contribution in [2.45, 2.75) is 27.0 Å². The van der Waals surface area contributed by atoms with Gasteiger partial charge >= 0.3 is 0 Å². The number of hydrogen-bond acceptors (Lipinski definition) is 1. The molecule has 3 rings (SSSR count). The lowest BCUT2D eigenvalue weighted by molar-refractivity contribution is -0.534. The lowest BCUT2D eigenvalue weighted by atomic mass is 10.1. The Morgan fingerprint density at radius 3 is 2.53 bits per heavy atom. The van der Waals surface area contributed by atoms with E-state index in [2.05, 4.69) is 67.0 Å². The average Bonchev–Trinajstić information content (AvgIpc) is 2.38. The van der Waals surface area contributed by atoms with E-state index in [9.17, 15) is 0 Å². The van der Waals surface area contributed by atoms with Crippen molar-refractivity contribution in [1.82, 2.24) is 0 Å². The fraction of sp³-hybridized carbons (Fsp3) is 0.235. The van der Waals surface area contributed by atoms with Gasteiger partial charge in [-0.15, -0.1) is 0 Å². The van der Waals surface area contributed by atoms with Crippen LogP contribution in [0.25, 0.3) is 10.8 Å². The molecule has 2 aromatic carbocycles. The monoisotopic (exact) mass is 252 g/mol. The highest BCUT2D eigenvalue weighted by molar-refractivity contribution is 5.94. The fourth-order valence-electron chi connectivity index (χ4n) is 2.81. The van der Waals surface area contributed by atoms with Gasteiger partial charge in [0.15, 0.2) is 5.71 Å². The average molecular weight is 252 g/mol. The van der Waals surface area contributed by atoms with Crippen LogP contribution < -0.4 is 0 Å². The van der Waals surface area contributed by atoms with Crippen LogP contribution in [0.4, 0.5) is 5.69 Å². The molecule has 0 saturated carbocycles. The molecule has 1 atom stereocenters. The van der Waals surface area contributed by atoms with Crippen LogP contribution in [-0.4, -0.2) is 16.5 Å². The quantitative estimate of drug-likeness (QED) is 0.692. The number of ether oxygens (including phenoxy) is 1. The Kier molecular flexibility index (Phi) is 2.86. The second-order valence-corrected chi connectivity index (χ2v) is 4.98. The lowest BCUT2D eigenvalue weighted by Crippen LogP contribution is -2.29. The summed E-state index contributed by atoms with van der Waals surface area (Å²) >= 11 is 0. The maximum atomic E-state index is 5.84. The molecule has 0 amide bonds. The maximum Gasteiger partial charge on any atom is 0.299 e. The number of benzene rings is 2. The SMILES string of the molecule is CC1=CC(C)=[N+](c2cccc3ccccc23)C(C)O1. The molecule has 0 bridgehead atoms. The molecule has 2 heteroatoms. The van der Waals surface area contributed by atoms with Crippen LogP contribution in [0, 0.1) is 0 Å². The van der Waals surface area contributed by atoms with Gasteiger partial charge in [-0.3, -0.25) is 0 Å². The molecule has 0 aromatic heterocycles. The van der Waals surface area contributed by atoms with Crippen molar-refractivity contribution in [2.24, 2.45) is 0 Å². The zero-order valence-corrected chi connectivity index (χ0v) is 11.6. The first-order chi connectivity index (χ1) is 9.16. The predicted octanol–water partition coefficient (Wildman–Crippen LogP) is 4.22. The molecule has 0 spiro atoms. The summed E-state index contributed by atoms with van der Waals surface area (Å²) in [6, 6.07) is 14.9. The van der Waals surface area contributed by atoms with E-state index in [1.54, 1.807) is 0 Å². The summed E-state index contributed by atoms with van der Waals surface area (Å²) < 4.78 is 8.08. The van der Waals surface area contributed by atoms with Crippen molar-refractivity contribution in [3.8, 4) is 0 Å². The maximum absolute atomic E-state index is 5.84.